The van der Waals surface area contributed by atoms with E-state index in [-0.39, 0.29) is 0 Å². The summed E-state index contributed by atoms with van der Waals surface area (Å²) in [5.41, 5.74) is 2.13. The molecule has 0 unspecified atom stereocenters. The summed E-state index contributed by atoms with van der Waals surface area (Å²) in [6.45, 7) is 0. The Kier molecular flexibility index (Phi) is 3.74. The molecule has 3 rings (SSSR count). The molecule has 1 aromatic heterocycles. The molecule has 1 radical (unpaired) electrons. The van der Waals surface area contributed by atoms with Crippen molar-refractivity contribution in [1.82, 2.24) is 4.98 Å². The van der Waals surface area contributed by atoms with Gasteiger partial charge >= 0.3 is 0 Å². The van der Waals surface area contributed by atoms with Crippen molar-refractivity contribution in [2.45, 2.75) is 0 Å². The third kappa shape index (κ3) is 2.82. The van der Waals surface area contributed by atoms with Crippen LogP contribution in [-0.4, -0.2) is 11.3 Å². The molecule has 3 nitrogen and oxygen atoms in total. The van der Waals surface area contributed by atoms with Gasteiger partial charge in [0, 0.05) is 23.4 Å². The van der Waals surface area contributed by atoms with Gasteiger partial charge in [0.2, 0.25) is 12.2 Å². The molecular formula is C18H12NO2. The van der Waals surface area contributed by atoms with Crippen LogP contribution in [0, 0.1) is 0 Å². The Balaban J connectivity index is 2.06. The maximum absolute atomic E-state index is 11.1. The molecule has 0 aliphatic carbocycles. The number of ether oxygens (including phenoxy) is 1. The van der Waals surface area contributed by atoms with Crippen LogP contribution in [0.3, 0.4) is 0 Å². The van der Waals surface area contributed by atoms with Gasteiger partial charge < -0.3 is 4.74 Å². The molecule has 0 saturated carbocycles. The van der Waals surface area contributed by atoms with Crippen molar-refractivity contribution >= 4 is 6.29 Å². The standard InChI is InChI=1S/C18H12NO2/c20-13-14-7-1-2-8-15(14)16-9-3-4-10-17(16)21-18-11-5-6-12-19-18/h1-12H. The van der Waals surface area contributed by atoms with Gasteiger partial charge in [0.15, 0.2) is 0 Å². The number of rotatable bonds is 4. The second kappa shape index (κ2) is 6.01. The molecule has 0 spiro atoms. The van der Waals surface area contributed by atoms with Crippen LogP contribution in [0.1, 0.15) is 5.56 Å². The first-order valence-corrected chi connectivity index (χ1v) is 6.54. The van der Waals surface area contributed by atoms with Gasteiger partial charge in [-0.15, -0.1) is 0 Å². The van der Waals surface area contributed by atoms with Crippen molar-refractivity contribution in [2.75, 3.05) is 0 Å². The highest BCUT2D eigenvalue weighted by Crippen LogP contribution is 2.33. The van der Waals surface area contributed by atoms with Crippen LogP contribution in [-0.2, 0) is 4.79 Å². The quantitative estimate of drug-likeness (QED) is 0.722. The highest BCUT2D eigenvalue weighted by Gasteiger charge is 2.10. The minimum absolute atomic E-state index is 0.509. The molecule has 3 aromatic rings. The molecule has 0 aliphatic rings. The van der Waals surface area contributed by atoms with Crippen molar-refractivity contribution in [2.24, 2.45) is 0 Å². The lowest BCUT2D eigenvalue weighted by atomic mass is 10.00. The van der Waals surface area contributed by atoms with E-state index in [4.69, 9.17) is 4.74 Å². The van der Waals surface area contributed by atoms with Gasteiger partial charge in [-0.3, -0.25) is 4.79 Å². The zero-order chi connectivity index (χ0) is 14.5. The van der Waals surface area contributed by atoms with E-state index in [9.17, 15) is 4.79 Å². The third-order valence-corrected chi connectivity index (χ3v) is 3.07. The van der Waals surface area contributed by atoms with Crippen molar-refractivity contribution in [1.29, 1.82) is 0 Å². The fraction of sp³-hybridized carbons (Fsp3) is 0. The molecule has 0 amide bonds. The Labute approximate surface area is 122 Å². The third-order valence-electron chi connectivity index (χ3n) is 3.07. The average Bonchev–Trinajstić information content (AvgIpc) is 2.56. The summed E-state index contributed by atoms with van der Waals surface area (Å²) in [4.78, 5) is 15.2. The summed E-state index contributed by atoms with van der Waals surface area (Å²) in [5.74, 6) is 1.16. The van der Waals surface area contributed by atoms with Crippen LogP contribution in [0.15, 0.2) is 72.9 Å². The number of pyridine rings is 1. The van der Waals surface area contributed by atoms with Gasteiger partial charge in [0.25, 0.3) is 0 Å². The molecule has 101 valence electrons. The maximum Gasteiger partial charge on any atom is 0.234 e. The van der Waals surface area contributed by atoms with Crippen LogP contribution in [0.25, 0.3) is 11.1 Å². The summed E-state index contributed by atoms with van der Waals surface area (Å²) < 4.78 is 5.82. The second-order valence-corrected chi connectivity index (χ2v) is 4.41. The molecule has 3 heteroatoms. The van der Waals surface area contributed by atoms with Gasteiger partial charge in [0.1, 0.15) is 5.75 Å². The molecule has 0 atom stereocenters. The van der Waals surface area contributed by atoms with Crippen LogP contribution in [0.2, 0.25) is 0 Å². The van der Waals surface area contributed by atoms with Crippen molar-refractivity contribution in [3.8, 4) is 22.8 Å². The van der Waals surface area contributed by atoms with E-state index in [1.165, 1.54) is 0 Å². The van der Waals surface area contributed by atoms with Gasteiger partial charge in [-0.1, -0.05) is 48.5 Å². The second-order valence-electron chi connectivity index (χ2n) is 4.41. The zero-order valence-electron chi connectivity index (χ0n) is 11.2. The van der Waals surface area contributed by atoms with E-state index >= 15 is 0 Å². The first-order chi connectivity index (χ1) is 10.4. The normalized spacial score (nSPS) is 10.1. The highest BCUT2D eigenvalue weighted by atomic mass is 16.5. The van der Waals surface area contributed by atoms with Gasteiger partial charge in [0.05, 0.1) is 0 Å². The molecular weight excluding hydrogens is 262 g/mol. The van der Waals surface area contributed by atoms with Crippen molar-refractivity contribution in [3.05, 3.63) is 78.5 Å². The summed E-state index contributed by atoms with van der Waals surface area (Å²) in [6, 6.07) is 20.3. The summed E-state index contributed by atoms with van der Waals surface area (Å²) >= 11 is 0. The molecule has 2 aromatic carbocycles. The lowest BCUT2D eigenvalue weighted by Crippen LogP contribution is -1.92. The first kappa shape index (κ1) is 13.1. The lowest BCUT2D eigenvalue weighted by molar-refractivity contribution is 0.464. The van der Waals surface area contributed by atoms with Crippen LogP contribution < -0.4 is 4.74 Å². The Morgan fingerprint density at radius 2 is 1.52 bits per heavy atom. The van der Waals surface area contributed by atoms with Crippen LogP contribution in [0.5, 0.6) is 11.6 Å². The molecule has 21 heavy (non-hydrogen) atoms. The highest BCUT2D eigenvalue weighted by molar-refractivity contribution is 5.89. The van der Waals surface area contributed by atoms with Crippen LogP contribution >= 0.6 is 0 Å². The molecule has 0 fully saturated rings. The fourth-order valence-corrected chi connectivity index (χ4v) is 2.11. The zero-order valence-corrected chi connectivity index (χ0v) is 11.2. The Morgan fingerprint density at radius 1 is 0.810 bits per heavy atom. The monoisotopic (exact) mass is 274 g/mol. The lowest BCUT2D eigenvalue weighted by Gasteiger charge is -2.11. The minimum Gasteiger partial charge on any atom is -0.438 e. The number of hydrogen-bond acceptors (Lipinski definition) is 3. The Morgan fingerprint density at radius 3 is 2.29 bits per heavy atom. The maximum atomic E-state index is 11.1. The van der Waals surface area contributed by atoms with Gasteiger partial charge in [-0.2, -0.15) is 0 Å². The number of carbonyl (C=O) groups excluding carboxylic acids is 1. The predicted molar refractivity (Wildman–Crippen MR) is 81.0 cm³/mol. The van der Waals surface area contributed by atoms with E-state index in [0.717, 1.165) is 11.1 Å². The SMILES string of the molecule is O=[C]c1ccccc1-c1ccccc1Oc1ccccn1. The Bertz CT molecular complexity index is 754. The summed E-state index contributed by atoms with van der Waals surface area (Å²) in [7, 11) is 0. The number of benzene rings is 2. The van der Waals surface area contributed by atoms with E-state index in [0.29, 0.717) is 17.2 Å². The van der Waals surface area contributed by atoms with Gasteiger partial charge in [-0.05, 0) is 17.7 Å². The van der Waals surface area contributed by atoms with Crippen molar-refractivity contribution < 1.29 is 9.53 Å². The van der Waals surface area contributed by atoms with E-state index < -0.39 is 0 Å². The van der Waals surface area contributed by atoms with E-state index in [1.807, 2.05) is 60.9 Å². The Hall–Kier alpha value is -2.94. The van der Waals surface area contributed by atoms with E-state index in [1.54, 1.807) is 18.3 Å². The minimum atomic E-state index is 0.509. The largest absolute Gasteiger partial charge is 0.438 e. The number of nitrogens with zero attached hydrogens (tertiary/aromatic N) is 1. The smallest absolute Gasteiger partial charge is 0.234 e. The topological polar surface area (TPSA) is 39.2 Å². The fourth-order valence-electron chi connectivity index (χ4n) is 2.11. The summed E-state index contributed by atoms with van der Waals surface area (Å²) in [5, 5.41) is 0. The molecule has 0 bridgehead atoms. The first-order valence-electron chi connectivity index (χ1n) is 6.54. The van der Waals surface area contributed by atoms with Gasteiger partial charge in [-0.25, -0.2) is 4.98 Å². The number of aromatic nitrogens is 1. The summed E-state index contributed by atoms with van der Waals surface area (Å²) in [6.07, 6.45) is 3.64. The predicted octanol–water partition coefficient (Wildman–Crippen LogP) is 4.00. The molecule has 1 heterocycles. The molecule has 0 N–H and O–H groups in total. The van der Waals surface area contributed by atoms with Crippen LogP contribution in [0.4, 0.5) is 0 Å². The molecule has 0 aliphatic heterocycles. The average molecular weight is 274 g/mol. The van der Waals surface area contributed by atoms with E-state index in [2.05, 4.69) is 4.98 Å². The molecule has 0 saturated heterocycles. The van der Waals surface area contributed by atoms with Crippen molar-refractivity contribution in [3.63, 3.8) is 0 Å². The number of hydrogen-bond donors (Lipinski definition) is 0. The number of para-hydroxylation sites is 1.